The minimum atomic E-state index is -3.33. The summed E-state index contributed by atoms with van der Waals surface area (Å²) in [5.74, 6) is -0.213. The Morgan fingerprint density at radius 3 is 2.82 bits per heavy atom. The number of sulfonamides is 1. The number of carbonyl (C=O) groups is 1. The molecule has 0 radical (unpaired) electrons. The van der Waals surface area contributed by atoms with Crippen LogP contribution in [-0.2, 0) is 14.8 Å². The highest BCUT2D eigenvalue weighted by Gasteiger charge is 2.33. The van der Waals surface area contributed by atoms with Crippen LogP contribution in [0.1, 0.15) is 12.8 Å². The smallest absolute Gasteiger partial charge is 0.238 e. The van der Waals surface area contributed by atoms with Gasteiger partial charge in [0.15, 0.2) is 0 Å². The fraction of sp³-hybridized carbons (Fsp3) is 0.889. The average molecular weight is 262 g/mol. The second kappa shape index (κ2) is 5.30. The van der Waals surface area contributed by atoms with Crippen molar-refractivity contribution in [3.63, 3.8) is 0 Å². The molecule has 98 valence electrons. The van der Waals surface area contributed by atoms with Crippen molar-refractivity contribution in [2.24, 2.45) is 0 Å². The summed E-state index contributed by atoms with van der Waals surface area (Å²) in [6.07, 6.45) is 1.46. The molecule has 2 fully saturated rings. The summed E-state index contributed by atoms with van der Waals surface area (Å²) in [5.41, 5.74) is 0. The molecule has 0 saturated carbocycles. The molecule has 2 aliphatic rings. The number of amides is 1. The van der Waals surface area contributed by atoms with E-state index in [9.17, 15) is 13.2 Å². The molecule has 2 heterocycles. The van der Waals surface area contributed by atoms with Crippen molar-refractivity contribution in [2.45, 2.75) is 24.9 Å². The second-order valence-electron chi connectivity index (χ2n) is 4.35. The first kappa shape index (κ1) is 12.7. The highest BCUT2D eigenvalue weighted by atomic mass is 32.2. The van der Waals surface area contributed by atoms with Crippen LogP contribution < -0.4 is 20.7 Å². The quantitative estimate of drug-likeness (QED) is 0.426. The van der Waals surface area contributed by atoms with Crippen molar-refractivity contribution in [3.8, 4) is 0 Å². The molecule has 4 N–H and O–H groups in total. The highest BCUT2D eigenvalue weighted by Crippen LogP contribution is 2.06. The van der Waals surface area contributed by atoms with Crippen LogP contribution in [0.5, 0.6) is 0 Å². The predicted molar refractivity (Wildman–Crippen MR) is 62.7 cm³/mol. The fourth-order valence-corrected chi connectivity index (χ4v) is 3.33. The van der Waals surface area contributed by atoms with Crippen LogP contribution in [0.2, 0.25) is 0 Å². The molecule has 2 aliphatic heterocycles. The van der Waals surface area contributed by atoms with Gasteiger partial charge in [0.25, 0.3) is 0 Å². The summed E-state index contributed by atoms with van der Waals surface area (Å²) >= 11 is 0. The lowest BCUT2D eigenvalue weighted by atomic mass is 10.1. The summed E-state index contributed by atoms with van der Waals surface area (Å²) in [7, 11) is -3.33. The lowest BCUT2D eigenvalue weighted by molar-refractivity contribution is -0.123. The van der Waals surface area contributed by atoms with E-state index in [1.54, 1.807) is 0 Å². The Morgan fingerprint density at radius 2 is 2.00 bits per heavy atom. The largest absolute Gasteiger partial charge is 0.355 e. The summed E-state index contributed by atoms with van der Waals surface area (Å²) in [4.78, 5) is 11.8. The Balaban J connectivity index is 2.10. The van der Waals surface area contributed by atoms with Gasteiger partial charge in [-0.15, -0.1) is 0 Å². The van der Waals surface area contributed by atoms with Gasteiger partial charge >= 0.3 is 0 Å². The molecular formula is C9H18N4O3S. The number of rotatable bonds is 1. The third-order valence-electron chi connectivity index (χ3n) is 2.96. The molecule has 2 atom stereocenters. The molecule has 0 aliphatic carbocycles. The Kier molecular flexibility index (Phi) is 3.97. The second-order valence-corrected chi connectivity index (χ2v) is 6.10. The molecule has 17 heavy (non-hydrogen) atoms. The molecular weight excluding hydrogens is 244 g/mol. The average Bonchev–Trinajstić information content (AvgIpc) is 2.56. The number of nitrogens with one attached hydrogen (secondary N) is 4. The van der Waals surface area contributed by atoms with Gasteiger partial charge in [-0.1, -0.05) is 0 Å². The zero-order valence-electron chi connectivity index (χ0n) is 9.53. The standard InChI is InChI=1S/C9H18N4O3S/c14-9-8(11-3-1-4-12-9)7-2-5-10-6-17(15,16)13-7/h7-8,10-11,13H,1-6H2,(H,12,14). The molecule has 0 spiro atoms. The van der Waals surface area contributed by atoms with Crippen LogP contribution in [0.15, 0.2) is 0 Å². The summed E-state index contributed by atoms with van der Waals surface area (Å²) in [6.45, 7) is 1.94. The molecule has 2 saturated heterocycles. The molecule has 2 unspecified atom stereocenters. The van der Waals surface area contributed by atoms with Gasteiger partial charge in [0.2, 0.25) is 15.9 Å². The van der Waals surface area contributed by atoms with Crippen molar-refractivity contribution in [2.75, 3.05) is 25.5 Å². The topological polar surface area (TPSA) is 99.3 Å². The van der Waals surface area contributed by atoms with Crippen molar-refractivity contribution in [1.82, 2.24) is 20.7 Å². The normalized spacial score (nSPS) is 34.5. The molecule has 7 nitrogen and oxygen atoms in total. The van der Waals surface area contributed by atoms with Gasteiger partial charge in [-0.3, -0.25) is 4.79 Å². The molecule has 0 aromatic heterocycles. The van der Waals surface area contributed by atoms with E-state index in [0.717, 1.165) is 13.0 Å². The van der Waals surface area contributed by atoms with E-state index in [1.165, 1.54) is 0 Å². The van der Waals surface area contributed by atoms with Crippen molar-refractivity contribution in [3.05, 3.63) is 0 Å². The first-order chi connectivity index (χ1) is 8.08. The van der Waals surface area contributed by atoms with E-state index in [0.29, 0.717) is 19.5 Å². The van der Waals surface area contributed by atoms with Gasteiger partial charge in [-0.05, 0) is 25.9 Å². The van der Waals surface area contributed by atoms with Crippen LogP contribution in [0.4, 0.5) is 0 Å². The maximum atomic E-state index is 11.8. The van der Waals surface area contributed by atoms with Gasteiger partial charge in [0.1, 0.15) is 11.9 Å². The minimum Gasteiger partial charge on any atom is -0.355 e. The lowest BCUT2D eigenvalue weighted by Crippen LogP contribution is -2.55. The lowest BCUT2D eigenvalue weighted by Gasteiger charge is -2.24. The van der Waals surface area contributed by atoms with Crippen LogP contribution in [0.3, 0.4) is 0 Å². The summed E-state index contributed by atoms with van der Waals surface area (Å²) in [5, 5.41) is 8.71. The van der Waals surface area contributed by atoms with Crippen molar-refractivity contribution in [1.29, 1.82) is 0 Å². The Bertz CT molecular complexity index is 384. The van der Waals surface area contributed by atoms with Gasteiger partial charge in [-0.2, -0.15) is 0 Å². The van der Waals surface area contributed by atoms with Crippen LogP contribution in [-0.4, -0.2) is 51.9 Å². The van der Waals surface area contributed by atoms with Crippen LogP contribution in [0.25, 0.3) is 0 Å². The molecule has 0 aromatic carbocycles. The van der Waals surface area contributed by atoms with Crippen LogP contribution in [0, 0.1) is 0 Å². The highest BCUT2D eigenvalue weighted by molar-refractivity contribution is 7.89. The Morgan fingerprint density at radius 1 is 1.18 bits per heavy atom. The van der Waals surface area contributed by atoms with E-state index in [-0.39, 0.29) is 17.8 Å². The molecule has 0 bridgehead atoms. The zero-order chi connectivity index (χ0) is 12.3. The van der Waals surface area contributed by atoms with Gasteiger partial charge in [-0.25, -0.2) is 13.1 Å². The third-order valence-corrected chi connectivity index (χ3v) is 4.20. The number of hydrogen-bond acceptors (Lipinski definition) is 5. The number of carbonyl (C=O) groups excluding carboxylic acids is 1. The Labute approximate surface area is 101 Å². The van der Waals surface area contributed by atoms with E-state index in [2.05, 4.69) is 20.7 Å². The predicted octanol–water partition coefficient (Wildman–Crippen LogP) is -2.30. The molecule has 1 amide bonds. The van der Waals surface area contributed by atoms with E-state index in [1.807, 2.05) is 0 Å². The minimum absolute atomic E-state index is 0.0855. The number of hydrogen-bond donors (Lipinski definition) is 4. The summed E-state index contributed by atoms with van der Waals surface area (Å²) < 4.78 is 25.7. The maximum absolute atomic E-state index is 11.8. The zero-order valence-corrected chi connectivity index (χ0v) is 10.3. The van der Waals surface area contributed by atoms with Crippen molar-refractivity contribution < 1.29 is 13.2 Å². The van der Waals surface area contributed by atoms with Crippen LogP contribution >= 0.6 is 0 Å². The van der Waals surface area contributed by atoms with E-state index >= 15 is 0 Å². The van der Waals surface area contributed by atoms with E-state index < -0.39 is 16.1 Å². The van der Waals surface area contributed by atoms with Crippen molar-refractivity contribution >= 4 is 15.9 Å². The van der Waals surface area contributed by atoms with Gasteiger partial charge in [0.05, 0.1) is 0 Å². The van der Waals surface area contributed by atoms with E-state index in [4.69, 9.17) is 0 Å². The monoisotopic (exact) mass is 262 g/mol. The molecule has 2 rings (SSSR count). The SMILES string of the molecule is O=C1NCCCNC1C1CCNCS(=O)(=O)N1. The third kappa shape index (κ3) is 3.38. The first-order valence-corrected chi connectivity index (χ1v) is 7.45. The Hall–Kier alpha value is -0.700. The fourth-order valence-electron chi connectivity index (χ4n) is 2.12. The first-order valence-electron chi connectivity index (χ1n) is 5.80. The maximum Gasteiger partial charge on any atom is 0.238 e. The molecule has 0 aromatic rings. The summed E-state index contributed by atoms with van der Waals surface area (Å²) in [6, 6.07) is -0.861. The molecule has 8 heteroatoms. The van der Waals surface area contributed by atoms with Gasteiger partial charge < -0.3 is 16.0 Å². The van der Waals surface area contributed by atoms with Gasteiger partial charge in [0, 0.05) is 12.6 Å².